The molecule has 0 radical (unpaired) electrons. The number of nitrogens with one attached hydrogen (secondary N) is 4. The van der Waals surface area contributed by atoms with Crippen molar-refractivity contribution in [2.45, 2.75) is 122 Å². The van der Waals surface area contributed by atoms with Gasteiger partial charge in [0.2, 0.25) is 11.8 Å². The molecule has 10 heterocycles. The molecule has 6 aromatic heterocycles. The van der Waals surface area contributed by atoms with Crippen LogP contribution in [-0.2, 0) is 22.7 Å². The second-order valence-electron chi connectivity index (χ2n) is 24.4. The molecule has 450 valence electrons. The van der Waals surface area contributed by atoms with Gasteiger partial charge in [-0.25, -0.2) is 8.97 Å². The van der Waals surface area contributed by atoms with Gasteiger partial charge >= 0.3 is 11.8 Å². The summed E-state index contributed by atoms with van der Waals surface area (Å²) in [6.45, 7) is 10.0. The Balaban J connectivity index is 0.804. The maximum Gasteiger partial charge on any atom is 0.434 e. The molecular formula is C63H69FN15O8+. The predicted octanol–water partition coefficient (Wildman–Crippen LogP) is 5.71. The number of H-pyrrole nitrogens is 2. The van der Waals surface area contributed by atoms with Crippen molar-refractivity contribution >= 4 is 67.0 Å². The monoisotopic (exact) mass is 1180 g/mol. The van der Waals surface area contributed by atoms with Crippen LogP contribution in [0.5, 0.6) is 11.8 Å². The number of carbonyl (C=O) groups excluding carboxylic acids is 2. The van der Waals surface area contributed by atoms with E-state index in [9.17, 15) is 24.6 Å². The minimum Gasteiger partial charge on any atom is -0.484 e. The van der Waals surface area contributed by atoms with Crippen molar-refractivity contribution in [3.8, 4) is 34.3 Å². The molecular weight excluding hydrogens is 1110 g/mol. The summed E-state index contributed by atoms with van der Waals surface area (Å²) in [4.78, 5) is 75.6. The largest absolute Gasteiger partial charge is 0.484 e. The summed E-state index contributed by atoms with van der Waals surface area (Å²) < 4.78 is 37.1. The number of likely N-dealkylation sites (tertiary alicyclic amines) is 2. The molecule has 0 spiro atoms. The van der Waals surface area contributed by atoms with Gasteiger partial charge in [0.1, 0.15) is 43.2 Å². The van der Waals surface area contributed by atoms with Gasteiger partial charge in [-0.1, -0.05) is 50.2 Å². The van der Waals surface area contributed by atoms with E-state index in [1.807, 2.05) is 74.0 Å². The number of fused-ring (bicyclic) bond motifs is 7. The van der Waals surface area contributed by atoms with Crippen LogP contribution in [0.3, 0.4) is 0 Å². The molecule has 23 nitrogen and oxygen atoms in total. The van der Waals surface area contributed by atoms with E-state index in [2.05, 4.69) is 47.4 Å². The number of aliphatic hydroxyl groups is 2. The zero-order valence-corrected chi connectivity index (χ0v) is 49.1. The number of aromatic nitrogens is 10. The highest BCUT2D eigenvalue weighted by Gasteiger charge is 2.45. The van der Waals surface area contributed by atoms with Crippen molar-refractivity contribution in [3.05, 3.63) is 116 Å². The van der Waals surface area contributed by atoms with Crippen LogP contribution < -0.4 is 31.2 Å². The fraction of sp³-hybridized carbons (Fsp3) is 0.429. The highest BCUT2D eigenvalue weighted by atomic mass is 19.1. The SMILES string of the molecule is CCn1nccc1-c1ccc([C@H](CO)NC(=O)[C@@H]2C[C@@H](O)CN2C(=O)[C@H](C(C)C)n2cc3c(n2)c(=O)[nH]c2cc(COc4c(-c5c(C)c(F)cc6[nH]ncc56)n(C5CC5)c(=O)c5c([N+]6=C7CN[C@@H](C7)C6)nc(OC[C@@H]6CCCN6C)nc45)ccc23)cc1. The van der Waals surface area contributed by atoms with E-state index in [0.29, 0.717) is 100 Å². The Labute approximate surface area is 497 Å². The first kappa shape index (κ1) is 56.1. The van der Waals surface area contributed by atoms with Gasteiger partial charge in [0.15, 0.2) is 16.7 Å². The number of nitrogens with zero attached hydrogens (tertiary/aromatic N) is 11. The number of rotatable bonds is 18. The number of halogens is 1. The Bertz CT molecular complexity index is 4390. The van der Waals surface area contributed by atoms with Crippen LogP contribution in [0.1, 0.15) is 94.1 Å². The van der Waals surface area contributed by atoms with E-state index < -0.39 is 54.0 Å². The van der Waals surface area contributed by atoms with Gasteiger partial charge in [0.25, 0.3) is 11.1 Å². The molecule has 5 aliphatic rings. The summed E-state index contributed by atoms with van der Waals surface area (Å²) in [6.07, 6.45) is 8.26. The van der Waals surface area contributed by atoms with E-state index in [1.165, 1.54) is 15.6 Å². The highest BCUT2D eigenvalue weighted by Crippen LogP contribution is 2.48. The van der Waals surface area contributed by atoms with Crippen LogP contribution in [0.2, 0.25) is 0 Å². The van der Waals surface area contributed by atoms with Crippen LogP contribution >= 0.6 is 0 Å². The number of pyridine rings is 2. The number of amides is 2. The topological polar surface area (TPSA) is 272 Å². The number of likely N-dealkylation sites (N-methyl/N-ethyl adjacent to an activating group) is 1. The highest BCUT2D eigenvalue weighted by molar-refractivity contribution is 6.05. The van der Waals surface area contributed by atoms with Gasteiger partial charge in [0.05, 0.1) is 60.2 Å². The third-order valence-corrected chi connectivity index (χ3v) is 18.4. The van der Waals surface area contributed by atoms with Crippen molar-refractivity contribution in [3.63, 3.8) is 0 Å². The molecule has 3 saturated heterocycles. The Hall–Kier alpha value is -8.71. The average Bonchev–Trinajstić information content (AvgIpc) is 1.74. The molecule has 4 fully saturated rings. The van der Waals surface area contributed by atoms with Gasteiger partial charge in [-0.15, -0.1) is 0 Å². The number of hydrogen-bond donors (Lipinski definition) is 6. The molecule has 4 aliphatic heterocycles. The molecule has 24 heteroatoms. The zero-order chi connectivity index (χ0) is 60.1. The van der Waals surface area contributed by atoms with Crippen LogP contribution in [0, 0.1) is 18.7 Å². The normalized spacial score (nSPS) is 20.4. The first-order valence-electron chi connectivity index (χ1n) is 30.1. The minimum absolute atomic E-state index is 0.0161. The number of β-amino-alcohol motifs (C(OH)–C–C–N with tert-alkyl or cyclic N) is 1. The van der Waals surface area contributed by atoms with Crippen molar-refractivity contribution < 1.29 is 38.2 Å². The molecule has 2 amide bonds. The summed E-state index contributed by atoms with van der Waals surface area (Å²) in [5.74, 6) is -1.19. The molecule has 2 bridgehead atoms. The van der Waals surface area contributed by atoms with Crippen molar-refractivity contribution in [1.82, 2.24) is 69.7 Å². The van der Waals surface area contributed by atoms with Gasteiger partial charge in [-0.3, -0.25) is 33.6 Å². The van der Waals surface area contributed by atoms with Crippen molar-refractivity contribution in [2.24, 2.45) is 5.92 Å². The van der Waals surface area contributed by atoms with Gasteiger partial charge in [-0.2, -0.15) is 20.3 Å². The van der Waals surface area contributed by atoms with Crippen LogP contribution in [0.15, 0.2) is 82.8 Å². The smallest absolute Gasteiger partial charge is 0.434 e. The minimum atomic E-state index is -1.06. The number of aryl methyl sites for hydroxylation is 1. The van der Waals surface area contributed by atoms with Crippen LogP contribution in [0.25, 0.3) is 66.1 Å². The molecule has 6 atom stereocenters. The molecule has 9 aromatic rings. The lowest BCUT2D eigenvalue weighted by Crippen LogP contribution is -2.50. The van der Waals surface area contributed by atoms with Crippen LogP contribution in [-0.4, -0.2) is 162 Å². The van der Waals surface area contributed by atoms with Gasteiger partial charge < -0.3 is 49.7 Å². The molecule has 0 unspecified atom stereocenters. The number of aromatic amines is 2. The maximum atomic E-state index is 16.3. The lowest BCUT2D eigenvalue weighted by Gasteiger charge is -2.30. The Kier molecular flexibility index (Phi) is 14.3. The lowest BCUT2D eigenvalue weighted by atomic mass is 9.98. The van der Waals surface area contributed by atoms with E-state index in [0.717, 1.165) is 42.8 Å². The zero-order valence-electron chi connectivity index (χ0n) is 49.1. The van der Waals surface area contributed by atoms with E-state index in [-0.39, 0.29) is 77.4 Å². The second kappa shape index (κ2) is 22.2. The molecule has 1 saturated carbocycles. The first-order chi connectivity index (χ1) is 42.1. The fourth-order valence-corrected chi connectivity index (χ4v) is 13.6. The molecule has 14 rings (SSSR count). The Morgan fingerprint density at radius 1 is 0.989 bits per heavy atom. The van der Waals surface area contributed by atoms with Crippen LogP contribution in [0.4, 0.5) is 10.2 Å². The summed E-state index contributed by atoms with van der Waals surface area (Å²) in [6, 6.07) is 13.7. The number of aliphatic hydroxyl groups excluding tert-OH is 2. The summed E-state index contributed by atoms with van der Waals surface area (Å²) >= 11 is 0. The quantitative estimate of drug-likeness (QED) is 0.0562. The van der Waals surface area contributed by atoms with E-state index in [1.54, 1.807) is 30.1 Å². The Morgan fingerprint density at radius 3 is 2.54 bits per heavy atom. The standard InChI is InChI=1S/C63H68FN15O8/c1-6-77-49(17-18-67-77)36-12-10-35(11-13-36)48(29-80)69-59(82)50-22-41(81)27-76(50)62(85)55(32(2)3)78-28-44-42-16-9-34(20-46(42)68-60(83)53(44)73-78)30-86-57-54-52(61(84)79(38-14-15-38)56(57)51-33(4)45(64)23-47-43(51)25-66-72-47)58(75-26-37-21-40(75)24-65-37)71-63(70-54)87-31-39-8-7-19-74(39)5/h9-13,16-18,20,23,25,28,32,37-39,41,48,50,55,65,80-81H,6-8,14-15,19,21-22,24,26-27,29-31H2,1-5H3,(H2-,66,68,69,70,71,72,82,83,84)/p+1/t37-,39-,41+,48-,50-,55-/m0/s1. The summed E-state index contributed by atoms with van der Waals surface area (Å²) in [5.41, 5.74) is 5.77. The van der Waals surface area contributed by atoms with Crippen molar-refractivity contribution in [1.29, 1.82) is 0 Å². The lowest BCUT2D eigenvalue weighted by molar-refractivity contribution is -0.441. The Morgan fingerprint density at radius 2 is 1.82 bits per heavy atom. The molecule has 1 aliphatic carbocycles. The third-order valence-electron chi connectivity index (χ3n) is 18.4. The third kappa shape index (κ3) is 9.91. The van der Waals surface area contributed by atoms with Gasteiger partial charge in [-0.05, 0) is 99.5 Å². The molecule has 6 N–H and O–H groups in total. The van der Waals surface area contributed by atoms with E-state index in [4.69, 9.17) is 24.5 Å². The van der Waals surface area contributed by atoms with E-state index >= 15 is 9.18 Å². The maximum absolute atomic E-state index is 16.3. The van der Waals surface area contributed by atoms with Gasteiger partial charge in [0, 0.05) is 82.6 Å². The number of hydrogen-bond acceptors (Lipinski definition) is 15. The molecule has 3 aromatic carbocycles. The predicted molar refractivity (Wildman–Crippen MR) is 323 cm³/mol. The second-order valence-corrected chi connectivity index (χ2v) is 24.4. The molecule has 87 heavy (non-hydrogen) atoms. The first-order valence-corrected chi connectivity index (χ1v) is 30.1. The number of benzene rings is 3. The average molecular weight is 1180 g/mol. The number of carbonyl (C=O) groups is 2. The summed E-state index contributed by atoms with van der Waals surface area (Å²) in [5, 5.41) is 46.3. The van der Waals surface area contributed by atoms with Crippen molar-refractivity contribution in [2.75, 3.05) is 46.4 Å². The fourth-order valence-electron chi connectivity index (χ4n) is 13.6. The summed E-state index contributed by atoms with van der Waals surface area (Å²) in [7, 11) is 2.07. The number of ether oxygens (including phenoxy) is 2.